The lowest BCUT2D eigenvalue weighted by atomic mass is 10.0. The van der Waals surface area contributed by atoms with Gasteiger partial charge >= 0.3 is 5.97 Å². The molecule has 0 spiro atoms. The fourth-order valence-electron chi connectivity index (χ4n) is 3.18. The van der Waals surface area contributed by atoms with Gasteiger partial charge < -0.3 is 5.11 Å². The van der Waals surface area contributed by atoms with E-state index in [-0.39, 0.29) is 15.0 Å². The minimum absolute atomic E-state index is 0.0677. The first kappa shape index (κ1) is 24.3. The van der Waals surface area contributed by atoms with E-state index in [4.69, 9.17) is 5.11 Å². The maximum atomic E-state index is 12.4. The third kappa shape index (κ3) is 8.39. The quantitative estimate of drug-likeness (QED) is 0.345. The number of carboxylic acid groups (broad SMARTS) is 1. The van der Waals surface area contributed by atoms with Crippen LogP contribution in [0.1, 0.15) is 86.5 Å². The molecule has 0 aliphatic heterocycles. The number of hydrogen-bond donors (Lipinski definition) is 2. The lowest BCUT2D eigenvalue weighted by Crippen LogP contribution is -2.12. The summed E-state index contributed by atoms with van der Waals surface area (Å²) in [7, 11) is -3.82. The Morgan fingerprint density at radius 1 is 0.933 bits per heavy atom. The number of aromatic nitrogens is 2. The molecule has 0 unspecified atom stereocenters. The van der Waals surface area contributed by atoms with Crippen molar-refractivity contribution in [1.29, 1.82) is 0 Å². The summed E-state index contributed by atoms with van der Waals surface area (Å²) in [5.41, 5.74) is 1.11. The second-order valence-electron chi connectivity index (χ2n) is 7.40. The van der Waals surface area contributed by atoms with Gasteiger partial charge in [-0.15, -0.1) is 10.2 Å². The number of rotatable bonds is 15. The fraction of sp³-hybridized carbons (Fsp3) is 0.571. The number of nitrogens with zero attached hydrogens (tertiary/aromatic N) is 2. The normalized spacial score (nSPS) is 11.5. The smallest absolute Gasteiger partial charge is 0.367 e. The van der Waals surface area contributed by atoms with Crippen LogP contribution in [0.3, 0.4) is 0 Å². The average Bonchev–Trinajstić information content (AvgIpc) is 3.18. The Bertz CT molecular complexity index is 880. The van der Waals surface area contributed by atoms with Gasteiger partial charge in [-0.05, 0) is 30.5 Å². The average molecular weight is 454 g/mol. The molecule has 0 amide bonds. The van der Waals surface area contributed by atoms with E-state index in [1.165, 1.54) is 57.8 Å². The molecule has 2 N–H and O–H groups in total. The van der Waals surface area contributed by atoms with Crippen LogP contribution in [0.25, 0.3) is 0 Å². The highest BCUT2D eigenvalue weighted by atomic mass is 32.2. The summed E-state index contributed by atoms with van der Waals surface area (Å²) in [4.78, 5) is 10.9. The first-order valence-electron chi connectivity index (χ1n) is 10.6. The summed E-state index contributed by atoms with van der Waals surface area (Å²) < 4.78 is 27.1. The second kappa shape index (κ2) is 12.6. The van der Waals surface area contributed by atoms with Gasteiger partial charge in [0, 0.05) is 0 Å². The van der Waals surface area contributed by atoms with E-state index >= 15 is 0 Å². The minimum atomic E-state index is -3.82. The summed E-state index contributed by atoms with van der Waals surface area (Å²) in [5, 5.41) is 15.5. The predicted molar refractivity (Wildman–Crippen MR) is 120 cm³/mol. The van der Waals surface area contributed by atoms with Crippen LogP contribution >= 0.6 is 11.3 Å². The van der Waals surface area contributed by atoms with Crippen LogP contribution in [0.15, 0.2) is 29.2 Å². The minimum Gasteiger partial charge on any atom is -0.476 e. The number of sulfonamides is 1. The number of nitrogens with one attached hydrogen (secondary N) is 1. The van der Waals surface area contributed by atoms with E-state index in [9.17, 15) is 13.2 Å². The molecule has 0 aliphatic rings. The Morgan fingerprint density at radius 3 is 2.03 bits per heavy atom. The molecule has 1 aromatic carbocycles. The van der Waals surface area contributed by atoms with Gasteiger partial charge in [-0.1, -0.05) is 88.2 Å². The van der Waals surface area contributed by atoms with Crippen molar-refractivity contribution in [2.45, 2.75) is 82.4 Å². The monoisotopic (exact) mass is 453 g/mol. The number of benzene rings is 1. The van der Waals surface area contributed by atoms with Crippen molar-refractivity contribution in [3.63, 3.8) is 0 Å². The van der Waals surface area contributed by atoms with Crippen molar-refractivity contribution in [1.82, 2.24) is 10.2 Å². The number of carbonyl (C=O) groups is 1. The van der Waals surface area contributed by atoms with E-state index < -0.39 is 16.0 Å². The van der Waals surface area contributed by atoms with Crippen LogP contribution in [0.2, 0.25) is 0 Å². The number of aryl methyl sites for hydroxylation is 1. The number of aromatic carboxylic acids is 1. The number of unbranched alkanes of at least 4 members (excludes halogenated alkanes) is 9. The standard InChI is InChI=1S/C21H31N3O4S2/c1-2-3-4-5-6-7-8-9-10-11-12-17-13-15-18(16-14-17)30(27,28)24-21-23-22-19(29-21)20(25)26/h13-16H,2-12H2,1H3,(H,23,24)(H,25,26). The second-order valence-corrected chi connectivity index (χ2v) is 10.1. The van der Waals surface area contributed by atoms with Crippen molar-refractivity contribution in [3.05, 3.63) is 34.8 Å². The van der Waals surface area contributed by atoms with E-state index in [0.29, 0.717) is 11.3 Å². The molecule has 2 aromatic rings. The number of hydrogen-bond acceptors (Lipinski definition) is 6. The fourth-order valence-corrected chi connectivity index (χ4v) is 4.99. The Kier molecular flexibility index (Phi) is 10.2. The first-order chi connectivity index (χ1) is 14.4. The van der Waals surface area contributed by atoms with Crippen LogP contribution in [0.5, 0.6) is 0 Å². The van der Waals surface area contributed by atoms with Crippen LogP contribution in [0.4, 0.5) is 5.13 Å². The van der Waals surface area contributed by atoms with Crippen molar-refractivity contribution < 1.29 is 18.3 Å². The van der Waals surface area contributed by atoms with Gasteiger partial charge in [0.15, 0.2) is 0 Å². The number of anilines is 1. The molecular weight excluding hydrogens is 422 g/mol. The molecule has 7 nitrogen and oxygen atoms in total. The zero-order valence-electron chi connectivity index (χ0n) is 17.5. The van der Waals surface area contributed by atoms with Gasteiger partial charge in [0.1, 0.15) is 0 Å². The molecule has 166 valence electrons. The molecule has 0 aliphatic carbocycles. The third-order valence-electron chi connectivity index (χ3n) is 4.88. The molecule has 0 saturated heterocycles. The molecule has 30 heavy (non-hydrogen) atoms. The molecule has 1 heterocycles. The Labute approximate surface area is 183 Å². The van der Waals surface area contributed by atoms with E-state index in [1.54, 1.807) is 12.1 Å². The Balaban J connectivity index is 1.70. The van der Waals surface area contributed by atoms with E-state index in [0.717, 1.165) is 18.4 Å². The molecule has 0 atom stereocenters. The summed E-state index contributed by atoms with van der Waals surface area (Å²) in [6.45, 7) is 2.24. The third-order valence-corrected chi connectivity index (χ3v) is 7.19. The molecule has 2 rings (SSSR count). The SMILES string of the molecule is CCCCCCCCCCCCc1ccc(S(=O)(=O)Nc2nnc(C(=O)O)s2)cc1. The maximum Gasteiger partial charge on any atom is 0.367 e. The first-order valence-corrected chi connectivity index (χ1v) is 12.9. The molecule has 1 aromatic heterocycles. The Hall–Kier alpha value is -2.00. The summed E-state index contributed by atoms with van der Waals surface area (Å²) in [6.07, 6.45) is 13.8. The zero-order chi connectivity index (χ0) is 21.8. The van der Waals surface area contributed by atoms with Crippen molar-refractivity contribution in [2.24, 2.45) is 0 Å². The van der Waals surface area contributed by atoms with Gasteiger partial charge in [0.05, 0.1) is 4.90 Å². The Morgan fingerprint density at radius 2 is 1.50 bits per heavy atom. The van der Waals surface area contributed by atoms with Gasteiger partial charge in [0.2, 0.25) is 10.1 Å². The zero-order valence-corrected chi connectivity index (χ0v) is 19.1. The molecule has 0 bridgehead atoms. The summed E-state index contributed by atoms with van der Waals surface area (Å²) in [6, 6.07) is 6.77. The molecule has 0 fully saturated rings. The predicted octanol–water partition coefficient (Wildman–Crippen LogP) is 5.50. The van der Waals surface area contributed by atoms with Crippen molar-refractivity contribution in [3.8, 4) is 0 Å². The van der Waals surface area contributed by atoms with E-state index in [1.807, 2.05) is 12.1 Å². The highest BCUT2D eigenvalue weighted by Crippen LogP contribution is 2.21. The lowest BCUT2D eigenvalue weighted by Gasteiger charge is -2.06. The van der Waals surface area contributed by atoms with Gasteiger partial charge in [0.25, 0.3) is 10.0 Å². The van der Waals surface area contributed by atoms with Crippen LogP contribution in [-0.2, 0) is 16.4 Å². The van der Waals surface area contributed by atoms with Gasteiger partial charge in [-0.3, -0.25) is 4.72 Å². The van der Waals surface area contributed by atoms with Crippen LogP contribution in [0, 0.1) is 0 Å². The molecule has 0 saturated carbocycles. The van der Waals surface area contributed by atoms with Crippen molar-refractivity contribution >= 4 is 32.5 Å². The van der Waals surface area contributed by atoms with Gasteiger partial charge in [-0.25, -0.2) is 13.2 Å². The highest BCUT2D eigenvalue weighted by molar-refractivity contribution is 7.93. The summed E-state index contributed by atoms with van der Waals surface area (Å²) >= 11 is 0.677. The molecule has 0 radical (unpaired) electrons. The van der Waals surface area contributed by atoms with E-state index in [2.05, 4.69) is 21.8 Å². The molecule has 9 heteroatoms. The number of carboxylic acids is 1. The van der Waals surface area contributed by atoms with Crippen molar-refractivity contribution in [2.75, 3.05) is 4.72 Å². The topological polar surface area (TPSA) is 109 Å². The lowest BCUT2D eigenvalue weighted by molar-refractivity contribution is 0.0695. The summed E-state index contributed by atoms with van der Waals surface area (Å²) in [5.74, 6) is -1.24. The largest absolute Gasteiger partial charge is 0.476 e. The van der Waals surface area contributed by atoms with Gasteiger partial charge in [-0.2, -0.15) is 0 Å². The highest BCUT2D eigenvalue weighted by Gasteiger charge is 2.18. The van der Waals surface area contributed by atoms with Crippen LogP contribution < -0.4 is 4.72 Å². The molecular formula is C21H31N3O4S2. The maximum absolute atomic E-state index is 12.4. The van der Waals surface area contributed by atoms with Crippen LogP contribution in [-0.4, -0.2) is 29.7 Å².